The minimum absolute atomic E-state index is 0. The zero-order valence-corrected chi connectivity index (χ0v) is 92.6. The number of benzene rings is 8. The van der Waals surface area contributed by atoms with Crippen molar-refractivity contribution in [3.8, 4) is 45.0 Å². The van der Waals surface area contributed by atoms with Crippen molar-refractivity contribution in [2.45, 2.75) is 267 Å². The second-order valence-corrected chi connectivity index (χ2v) is 37.7. The molecule has 4 aliphatic rings. The van der Waals surface area contributed by atoms with Gasteiger partial charge in [0.2, 0.25) is 0 Å². The molecule has 0 fully saturated rings. The van der Waals surface area contributed by atoms with Crippen LogP contribution in [0.1, 0.15) is 234 Å². The Bertz CT molecular complexity index is 5880. The summed E-state index contributed by atoms with van der Waals surface area (Å²) in [5.41, 5.74) is 41.6. The van der Waals surface area contributed by atoms with Gasteiger partial charge in [0.05, 0.1) is 57.7 Å². The molecule has 134 heavy (non-hydrogen) atoms. The standard InChI is InChI=1S/C23H24N.3C21H20N.C11H22O2.C9H18O2.C7H7NO.C5H10O2.4Ir/c1-14(2)10-17-6-5-7-22-20(17)13-18-8-9-19-16(4)11-15(3)12-21(19)23(18)24-22;3*1-4-15-6-5-7-20-18(15)12-16-8-9-17-14(3)10-13(2)11-19(17)21(16)22-20;1-8(2)5-10(12)7-11(13)6-9(3)4;1-6(2)8(10)5-9(11)7(3)4;1-6(9)7-4-2-3-5-8-7;1-4(6)3-5(2)7;;;;/h5-7,11,13-14H,8-10H2,1-4H3;3*5-7,10,12H,4,8-9H2,1-3H3;7-10,12-13H,5-6H2,1-4H3;5-8,10-11H,1-4H3;2-5,9H,1H2;3-4,6-7H,1-2H3;;;;/q4*-1;;;;;;;;. The molecule has 3 atom stereocenters. The molecule has 0 amide bonds. The van der Waals surface area contributed by atoms with Crippen LogP contribution in [0, 0.1) is 109 Å². The molecule has 16 heteroatoms. The van der Waals surface area contributed by atoms with Gasteiger partial charge in [-0.25, -0.2) is 0 Å². The summed E-state index contributed by atoms with van der Waals surface area (Å²) in [6, 6.07) is 63.9. The Morgan fingerprint density at radius 3 is 0.970 bits per heavy atom. The minimum Gasteiger partial charge on any atom is -0.513 e. The van der Waals surface area contributed by atoms with Crippen LogP contribution in [0.25, 0.3) is 94.4 Å². The van der Waals surface area contributed by atoms with Crippen LogP contribution in [0.3, 0.4) is 0 Å². The Hall–Kier alpha value is -8.81. The number of hydrogen-bond acceptors (Lipinski definition) is 12. The molecule has 5 heterocycles. The van der Waals surface area contributed by atoms with Gasteiger partial charge in [0.15, 0.2) is 0 Å². The largest absolute Gasteiger partial charge is 0.513 e. The summed E-state index contributed by atoms with van der Waals surface area (Å²) in [5, 5.41) is 68.4. The maximum atomic E-state index is 9.47. The van der Waals surface area contributed by atoms with Crippen LogP contribution < -0.4 is 0 Å². The van der Waals surface area contributed by atoms with Gasteiger partial charge in [-0.2, -0.15) is 0 Å². The summed E-state index contributed by atoms with van der Waals surface area (Å²) in [7, 11) is 0. The van der Waals surface area contributed by atoms with E-state index in [-0.39, 0.29) is 110 Å². The van der Waals surface area contributed by atoms with Crippen molar-refractivity contribution in [1.82, 2.24) is 24.9 Å². The normalized spacial score (nSPS) is 13.1. The monoisotopic (exact) mass is 2510 g/mol. The van der Waals surface area contributed by atoms with Crippen molar-refractivity contribution in [3.05, 3.63) is 329 Å². The quantitative estimate of drug-likeness (QED) is 0.0378. The molecule has 7 N–H and O–H groups in total. The summed E-state index contributed by atoms with van der Waals surface area (Å²) in [6.45, 7) is 50.7. The third-order valence-corrected chi connectivity index (χ3v) is 24.3. The predicted octanol–water partition coefficient (Wildman–Crippen LogP) is 28.0. The van der Waals surface area contributed by atoms with Gasteiger partial charge in [-0.05, 0) is 195 Å². The third kappa shape index (κ3) is 30.6. The minimum atomic E-state index is -0.537. The van der Waals surface area contributed by atoms with Gasteiger partial charge < -0.3 is 35.7 Å². The number of fused-ring (bicyclic) bond motifs is 16. The van der Waals surface area contributed by atoms with Crippen molar-refractivity contribution in [1.29, 1.82) is 0 Å². The topological polar surface area (TPSA) is 206 Å². The van der Waals surface area contributed by atoms with E-state index >= 15 is 0 Å². The summed E-state index contributed by atoms with van der Waals surface area (Å²) in [4.78, 5) is 24.0. The fourth-order valence-corrected chi connectivity index (χ4v) is 17.9. The third-order valence-electron chi connectivity index (χ3n) is 24.3. The molecule has 0 saturated heterocycles. The fourth-order valence-electron chi connectivity index (χ4n) is 17.9. The molecule has 4 radical (unpaired) electrons. The fraction of sp³-hybridized carbons (Fsp3) is 0.381. The van der Waals surface area contributed by atoms with Gasteiger partial charge in [-0.15, -0.1) is 138 Å². The zero-order chi connectivity index (χ0) is 94.6. The van der Waals surface area contributed by atoms with E-state index in [0.717, 1.165) is 122 Å². The summed E-state index contributed by atoms with van der Waals surface area (Å²) >= 11 is 0. The smallest absolute Gasteiger partial charge is 0.134 e. The van der Waals surface area contributed by atoms with Crippen molar-refractivity contribution >= 4 is 49.4 Å². The van der Waals surface area contributed by atoms with Gasteiger partial charge in [0.25, 0.3) is 0 Å². The number of pyridine rings is 5. The van der Waals surface area contributed by atoms with E-state index < -0.39 is 18.3 Å². The molecule has 12 nitrogen and oxygen atoms in total. The number of aromatic nitrogens is 5. The van der Waals surface area contributed by atoms with Crippen molar-refractivity contribution in [2.24, 2.45) is 29.6 Å². The van der Waals surface area contributed by atoms with E-state index in [1.165, 1.54) is 174 Å². The van der Waals surface area contributed by atoms with E-state index in [1.807, 2.05) is 41.5 Å². The molecule has 4 aliphatic carbocycles. The molecule has 0 saturated carbocycles. The number of aliphatic hydroxyl groups excluding tert-OH is 7. The Morgan fingerprint density at radius 2 is 0.724 bits per heavy atom. The summed E-state index contributed by atoms with van der Waals surface area (Å²) in [6.07, 6.45) is 18.8. The number of rotatable bonds is 15. The molecular weight excluding hydrogens is 2370 g/mol. The first-order valence-corrected chi connectivity index (χ1v) is 47.1. The average Bonchev–Trinajstić information content (AvgIpc) is 0.768. The predicted molar refractivity (Wildman–Crippen MR) is 544 cm³/mol. The SMILES string of the molecule is C=C(O)c1ccccn1.CC(C)C(O)=CC(O)C(C)C.CC(C)CC(O)=CC(O)CC(C)C.CC(O)=CC(C)O.CCc1cccc2nc3c(cc12)CCc1c-3[c-]c(C)cc1C.CCc1cccc2nc3c(cc12)CCc1c-3[c-]c(C)cc1C.CCc1cccc2nc3c(cc12)CCc1c-3[c-]c(C)cc1C.Cc1[c-]c2c(c(C)c1)CCc1cc3c(CC(C)C)cccc3nc1-2.[Ir].[Ir].[Ir].[Ir]. The van der Waals surface area contributed by atoms with Crippen LogP contribution in [0.5, 0.6) is 0 Å². The molecular formula is C118H141Ir4N5O7-4. The molecule has 3 unspecified atom stereocenters. The molecule has 0 aliphatic heterocycles. The zero-order valence-electron chi connectivity index (χ0n) is 83.0. The first kappa shape index (κ1) is 114. The van der Waals surface area contributed by atoms with Crippen LogP contribution in [0.2, 0.25) is 0 Å². The number of aryl methyl sites for hydroxylation is 15. The van der Waals surface area contributed by atoms with E-state index in [4.69, 9.17) is 35.3 Å². The Kier molecular flexibility index (Phi) is 45.2. The maximum absolute atomic E-state index is 9.47. The van der Waals surface area contributed by atoms with Gasteiger partial charge >= 0.3 is 0 Å². The second-order valence-electron chi connectivity index (χ2n) is 37.7. The Morgan fingerprint density at radius 1 is 0.396 bits per heavy atom. The first-order chi connectivity index (χ1) is 61.8. The Balaban J connectivity index is 0.000000241. The Labute approximate surface area is 854 Å². The van der Waals surface area contributed by atoms with Crippen molar-refractivity contribution < 1.29 is 116 Å². The summed E-state index contributed by atoms with van der Waals surface area (Å²) in [5.74, 6) is 2.56. The van der Waals surface area contributed by atoms with Gasteiger partial charge in [-0.3, -0.25) is 24.9 Å². The van der Waals surface area contributed by atoms with E-state index in [0.29, 0.717) is 42.0 Å². The number of hydrogen-bond donors (Lipinski definition) is 7. The van der Waals surface area contributed by atoms with Gasteiger partial charge in [0, 0.05) is 121 Å². The molecule has 17 rings (SSSR count). The molecule has 13 aromatic rings. The van der Waals surface area contributed by atoms with Crippen LogP contribution in [0.4, 0.5) is 0 Å². The molecule has 0 spiro atoms. The number of nitrogens with zero attached hydrogens (tertiary/aromatic N) is 5. The van der Waals surface area contributed by atoms with Crippen molar-refractivity contribution in [3.63, 3.8) is 0 Å². The molecule has 8 aromatic carbocycles. The first-order valence-electron chi connectivity index (χ1n) is 47.1. The van der Waals surface area contributed by atoms with Gasteiger partial charge in [0.1, 0.15) is 11.5 Å². The summed E-state index contributed by atoms with van der Waals surface area (Å²) < 4.78 is 0. The maximum Gasteiger partial charge on any atom is 0.134 e. The molecule has 5 aromatic heterocycles. The van der Waals surface area contributed by atoms with Crippen LogP contribution in [-0.2, 0) is 157 Å². The molecule has 0 bridgehead atoms. The number of allylic oxidation sites excluding steroid dienone is 3. The second kappa shape index (κ2) is 53.2. The van der Waals surface area contributed by atoms with Gasteiger partial charge in [-0.1, -0.05) is 279 Å². The van der Waals surface area contributed by atoms with Crippen LogP contribution in [0.15, 0.2) is 188 Å². The molecule has 720 valence electrons. The van der Waals surface area contributed by atoms with Crippen LogP contribution >= 0.6 is 0 Å². The number of aliphatic hydroxyl groups is 7. The van der Waals surface area contributed by atoms with E-state index in [1.54, 1.807) is 37.4 Å². The van der Waals surface area contributed by atoms with Crippen LogP contribution in [-0.4, -0.2) is 79.0 Å². The average molecular weight is 2510 g/mol. The van der Waals surface area contributed by atoms with E-state index in [9.17, 15) is 20.4 Å². The van der Waals surface area contributed by atoms with E-state index in [2.05, 4.69) is 261 Å². The van der Waals surface area contributed by atoms with Crippen molar-refractivity contribution in [2.75, 3.05) is 0 Å².